The van der Waals surface area contributed by atoms with E-state index in [9.17, 15) is 31.1 Å². The van der Waals surface area contributed by atoms with E-state index in [2.05, 4.69) is 20.0 Å². The summed E-state index contributed by atoms with van der Waals surface area (Å²) in [6.45, 7) is -0.0716. The summed E-state index contributed by atoms with van der Waals surface area (Å²) in [6, 6.07) is 11.9. The molecule has 1 aliphatic rings. The number of alkyl halides is 6. The Kier molecular flexibility index (Phi) is 6.27. The number of carbonyl (C=O) groups is 1. The van der Waals surface area contributed by atoms with Gasteiger partial charge in [-0.05, 0) is 36.2 Å². The number of anilines is 1. The number of aryl methyl sites for hydroxylation is 1. The van der Waals surface area contributed by atoms with Crippen LogP contribution in [0.4, 0.5) is 37.7 Å². The number of pyridine rings is 1. The van der Waals surface area contributed by atoms with Crippen molar-refractivity contribution in [2.24, 2.45) is 4.99 Å². The number of fused-ring (bicyclic) bond motifs is 1. The zero-order chi connectivity index (χ0) is 25.4. The first-order chi connectivity index (χ1) is 16.4. The molecule has 35 heavy (non-hydrogen) atoms. The van der Waals surface area contributed by atoms with Gasteiger partial charge in [-0.3, -0.25) is 9.78 Å². The lowest BCUT2D eigenvalue weighted by atomic mass is 10.0. The second-order valence-corrected chi connectivity index (χ2v) is 7.82. The SMILES string of the molecule is Cc1ccc(-c2cccc(C3=Nc4cc(OCC(F)(F)F)c(C(F)(F)F)cc4NC(=O)C3)c2)cn1. The molecule has 0 fully saturated rings. The van der Waals surface area contributed by atoms with Crippen molar-refractivity contribution in [3.05, 3.63) is 71.5 Å². The van der Waals surface area contributed by atoms with Crippen LogP contribution in [0, 0.1) is 6.92 Å². The summed E-state index contributed by atoms with van der Waals surface area (Å²) in [7, 11) is 0. The van der Waals surface area contributed by atoms with Crippen LogP contribution in [0.15, 0.2) is 59.7 Å². The Balaban J connectivity index is 1.78. The van der Waals surface area contributed by atoms with Gasteiger partial charge in [-0.25, -0.2) is 4.99 Å². The molecule has 182 valence electrons. The van der Waals surface area contributed by atoms with Crippen LogP contribution >= 0.6 is 0 Å². The summed E-state index contributed by atoms with van der Waals surface area (Å²) in [5.41, 5.74) is 1.25. The van der Waals surface area contributed by atoms with Crippen LogP contribution < -0.4 is 10.1 Å². The predicted octanol–water partition coefficient (Wildman–Crippen LogP) is 6.48. The van der Waals surface area contributed by atoms with Gasteiger partial charge in [-0.15, -0.1) is 0 Å². The Morgan fingerprint density at radius 2 is 1.71 bits per heavy atom. The van der Waals surface area contributed by atoms with Gasteiger partial charge in [0.1, 0.15) is 5.75 Å². The minimum atomic E-state index is -5.02. The van der Waals surface area contributed by atoms with Crippen LogP contribution in [0.2, 0.25) is 0 Å². The Morgan fingerprint density at radius 1 is 0.971 bits per heavy atom. The number of hydrogen-bond donors (Lipinski definition) is 1. The molecule has 1 amide bonds. The molecule has 1 aromatic heterocycles. The number of nitrogens with one attached hydrogen (secondary N) is 1. The van der Waals surface area contributed by atoms with Gasteiger partial charge in [0.2, 0.25) is 5.91 Å². The smallest absolute Gasteiger partial charge is 0.422 e. The number of rotatable bonds is 4. The number of ether oxygens (including phenoxy) is 1. The van der Waals surface area contributed by atoms with Crippen molar-refractivity contribution in [1.82, 2.24) is 4.98 Å². The lowest BCUT2D eigenvalue weighted by Crippen LogP contribution is -2.21. The van der Waals surface area contributed by atoms with Crippen molar-refractivity contribution in [3.63, 3.8) is 0 Å². The Labute approximate surface area is 195 Å². The molecule has 4 rings (SSSR count). The molecule has 1 aliphatic heterocycles. The number of aromatic nitrogens is 1. The first kappa shape index (κ1) is 24.2. The lowest BCUT2D eigenvalue weighted by Gasteiger charge is -2.17. The van der Waals surface area contributed by atoms with Crippen molar-refractivity contribution in [2.75, 3.05) is 11.9 Å². The first-order valence-electron chi connectivity index (χ1n) is 10.2. The number of benzene rings is 2. The van der Waals surface area contributed by atoms with Crippen molar-refractivity contribution in [3.8, 4) is 16.9 Å². The fraction of sp³-hybridized carbons (Fsp3) is 0.208. The molecule has 0 bridgehead atoms. The van der Waals surface area contributed by atoms with E-state index in [0.29, 0.717) is 11.6 Å². The maximum atomic E-state index is 13.5. The van der Waals surface area contributed by atoms with E-state index in [1.54, 1.807) is 24.4 Å². The average Bonchev–Trinajstić information content (AvgIpc) is 2.94. The Bertz CT molecular complexity index is 1300. The molecule has 3 aromatic rings. The molecular weight excluding hydrogens is 476 g/mol. The van der Waals surface area contributed by atoms with Crippen LogP contribution in [0.5, 0.6) is 5.75 Å². The van der Waals surface area contributed by atoms with Gasteiger partial charge in [0.05, 0.1) is 29.1 Å². The van der Waals surface area contributed by atoms with Gasteiger partial charge < -0.3 is 10.1 Å². The monoisotopic (exact) mass is 493 g/mol. The lowest BCUT2D eigenvalue weighted by molar-refractivity contribution is -0.158. The summed E-state index contributed by atoms with van der Waals surface area (Å²) in [6.07, 6.45) is -8.45. The number of hydrogen-bond acceptors (Lipinski definition) is 4. The maximum absolute atomic E-state index is 13.5. The molecule has 0 aliphatic carbocycles. The van der Waals surface area contributed by atoms with E-state index in [0.717, 1.165) is 22.9 Å². The van der Waals surface area contributed by atoms with Gasteiger partial charge >= 0.3 is 12.4 Å². The molecule has 0 unspecified atom stereocenters. The number of carbonyl (C=O) groups excluding carboxylic acids is 1. The zero-order valence-corrected chi connectivity index (χ0v) is 18.1. The highest BCUT2D eigenvalue weighted by atomic mass is 19.4. The molecule has 1 N–H and O–H groups in total. The molecule has 2 aromatic carbocycles. The minimum absolute atomic E-state index is 0.154. The van der Waals surface area contributed by atoms with Crippen molar-refractivity contribution < 1.29 is 35.9 Å². The van der Waals surface area contributed by atoms with E-state index in [4.69, 9.17) is 0 Å². The number of aliphatic imine (C=N–C) groups is 1. The molecule has 0 saturated heterocycles. The number of amides is 1. The maximum Gasteiger partial charge on any atom is 0.422 e. The first-order valence-corrected chi connectivity index (χ1v) is 10.2. The summed E-state index contributed by atoms with van der Waals surface area (Å²) in [4.78, 5) is 21.0. The molecule has 2 heterocycles. The highest BCUT2D eigenvalue weighted by Gasteiger charge is 2.38. The van der Waals surface area contributed by atoms with Crippen LogP contribution in [0.1, 0.15) is 23.2 Å². The Hall–Kier alpha value is -3.89. The van der Waals surface area contributed by atoms with E-state index in [-0.39, 0.29) is 23.5 Å². The predicted molar refractivity (Wildman–Crippen MR) is 117 cm³/mol. The average molecular weight is 493 g/mol. The summed E-state index contributed by atoms with van der Waals surface area (Å²) in [5.74, 6) is -1.66. The second-order valence-electron chi connectivity index (χ2n) is 7.82. The molecule has 0 radical (unpaired) electrons. The number of halogens is 6. The van der Waals surface area contributed by atoms with Crippen molar-refractivity contribution in [1.29, 1.82) is 0 Å². The summed E-state index contributed by atoms with van der Waals surface area (Å²) in [5, 5.41) is 2.35. The van der Waals surface area contributed by atoms with Crippen LogP contribution in [-0.4, -0.2) is 29.4 Å². The Morgan fingerprint density at radius 3 is 2.37 bits per heavy atom. The van der Waals surface area contributed by atoms with E-state index < -0.39 is 36.2 Å². The van der Waals surface area contributed by atoms with E-state index >= 15 is 0 Å². The molecule has 5 nitrogen and oxygen atoms in total. The highest BCUT2D eigenvalue weighted by molar-refractivity contribution is 6.17. The third-order valence-corrected chi connectivity index (χ3v) is 5.09. The van der Waals surface area contributed by atoms with E-state index in [1.807, 2.05) is 25.1 Å². The largest absolute Gasteiger partial charge is 0.483 e. The molecule has 11 heteroatoms. The standard InChI is InChI=1S/C24H17F6N3O2/c1-13-5-6-16(11-31-13)14-3-2-4-15(7-14)18-10-22(34)33-19-8-17(24(28,29)30)21(9-20(19)32-18)35-12-23(25,26)27/h2-9,11H,10,12H2,1H3,(H,33,34). The van der Waals surface area contributed by atoms with Crippen LogP contribution in [-0.2, 0) is 11.0 Å². The van der Waals surface area contributed by atoms with Gasteiger partial charge in [0.25, 0.3) is 0 Å². The quantitative estimate of drug-likeness (QED) is 0.423. The molecule has 0 saturated carbocycles. The minimum Gasteiger partial charge on any atom is -0.483 e. The number of nitrogens with zero attached hydrogens (tertiary/aromatic N) is 2. The van der Waals surface area contributed by atoms with Crippen LogP contribution in [0.25, 0.3) is 11.1 Å². The van der Waals surface area contributed by atoms with Crippen molar-refractivity contribution in [2.45, 2.75) is 25.7 Å². The third kappa shape index (κ3) is 5.79. The normalized spacial score (nSPS) is 14.0. The van der Waals surface area contributed by atoms with Gasteiger partial charge in [-0.1, -0.05) is 24.3 Å². The van der Waals surface area contributed by atoms with E-state index in [1.165, 1.54) is 0 Å². The van der Waals surface area contributed by atoms with Gasteiger partial charge in [0.15, 0.2) is 6.61 Å². The molecule has 0 spiro atoms. The zero-order valence-electron chi connectivity index (χ0n) is 18.1. The third-order valence-electron chi connectivity index (χ3n) is 5.09. The fourth-order valence-corrected chi connectivity index (χ4v) is 3.48. The molecule has 0 atom stereocenters. The topological polar surface area (TPSA) is 63.6 Å². The highest BCUT2D eigenvalue weighted by Crippen LogP contribution is 2.43. The fourth-order valence-electron chi connectivity index (χ4n) is 3.48. The van der Waals surface area contributed by atoms with Gasteiger partial charge in [0, 0.05) is 23.5 Å². The second kappa shape index (κ2) is 9.05. The van der Waals surface area contributed by atoms with Gasteiger partial charge in [-0.2, -0.15) is 26.3 Å². The van der Waals surface area contributed by atoms with Crippen molar-refractivity contribution >= 4 is 23.0 Å². The molecular formula is C24H17F6N3O2. The van der Waals surface area contributed by atoms with Crippen LogP contribution in [0.3, 0.4) is 0 Å². The summed E-state index contributed by atoms with van der Waals surface area (Å²) >= 11 is 0. The summed E-state index contributed by atoms with van der Waals surface area (Å²) < 4.78 is 82.8.